The fraction of sp³-hybridized carbons (Fsp3) is 0.400. The summed E-state index contributed by atoms with van der Waals surface area (Å²) in [5.41, 5.74) is 1.56. The van der Waals surface area contributed by atoms with Gasteiger partial charge in [-0.3, -0.25) is 4.79 Å². The molecule has 1 aromatic heterocycles. The molecule has 2 aromatic rings. The van der Waals surface area contributed by atoms with Gasteiger partial charge in [-0.2, -0.15) is 4.98 Å². The Hall–Kier alpha value is -1.69. The fourth-order valence-electron chi connectivity index (χ4n) is 2.12. The van der Waals surface area contributed by atoms with Crippen LogP contribution in [0.25, 0.3) is 11.4 Å². The zero-order chi connectivity index (χ0) is 15.6. The third kappa shape index (κ3) is 4.14. The molecule has 0 aliphatic rings. The molecular formula is C15H17BrN2O3. The molecule has 0 spiro atoms. The Bertz CT molecular complexity index is 665. The van der Waals surface area contributed by atoms with Gasteiger partial charge < -0.3 is 9.63 Å². The molecule has 0 unspecified atom stereocenters. The first-order chi connectivity index (χ1) is 9.77. The van der Waals surface area contributed by atoms with E-state index in [1.54, 1.807) is 0 Å². The molecule has 0 radical (unpaired) electrons. The third-order valence-corrected chi connectivity index (χ3v) is 3.75. The Kier molecular flexibility index (Phi) is 4.46. The second-order valence-electron chi connectivity index (χ2n) is 5.91. The van der Waals surface area contributed by atoms with E-state index in [4.69, 9.17) is 9.63 Å². The highest BCUT2D eigenvalue weighted by atomic mass is 79.9. The molecule has 0 fully saturated rings. The first-order valence-electron chi connectivity index (χ1n) is 6.58. The molecule has 0 saturated carbocycles. The molecule has 112 valence electrons. The second kappa shape index (κ2) is 5.97. The van der Waals surface area contributed by atoms with Crippen LogP contribution in [-0.2, 0) is 11.2 Å². The second-order valence-corrected chi connectivity index (χ2v) is 6.76. The molecule has 0 aliphatic heterocycles. The molecule has 0 amide bonds. The number of benzene rings is 1. The maximum absolute atomic E-state index is 10.8. The van der Waals surface area contributed by atoms with Gasteiger partial charge in [0.15, 0.2) is 0 Å². The molecule has 1 N–H and O–H groups in total. The van der Waals surface area contributed by atoms with Gasteiger partial charge in [0.1, 0.15) is 0 Å². The number of rotatable bonds is 5. The summed E-state index contributed by atoms with van der Waals surface area (Å²) in [5, 5.41) is 12.9. The van der Waals surface area contributed by atoms with Gasteiger partial charge >= 0.3 is 5.97 Å². The van der Waals surface area contributed by atoms with E-state index in [0.29, 0.717) is 18.1 Å². The maximum atomic E-state index is 10.8. The molecule has 6 heteroatoms. The van der Waals surface area contributed by atoms with Crippen molar-refractivity contribution in [3.63, 3.8) is 0 Å². The minimum absolute atomic E-state index is 0.0545. The van der Waals surface area contributed by atoms with Crippen LogP contribution in [0.4, 0.5) is 0 Å². The van der Waals surface area contributed by atoms with E-state index in [0.717, 1.165) is 15.6 Å². The molecule has 0 aliphatic carbocycles. The van der Waals surface area contributed by atoms with Gasteiger partial charge in [0, 0.05) is 16.5 Å². The molecule has 2 rings (SSSR count). The number of carbonyl (C=O) groups is 1. The van der Waals surface area contributed by atoms with Gasteiger partial charge in [-0.1, -0.05) is 41.0 Å². The first kappa shape index (κ1) is 15.7. The lowest BCUT2D eigenvalue weighted by Crippen LogP contribution is -2.19. The lowest BCUT2D eigenvalue weighted by atomic mass is 9.86. The number of carboxylic acids is 1. The van der Waals surface area contributed by atoms with Crippen molar-refractivity contribution in [2.75, 3.05) is 0 Å². The molecule has 0 atom stereocenters. The van der Waals surface area contributed by atoms with Crippen molar-refractivity contribution in [3.05, 3.63) is 34.1 Å². The summed E-state index contributed by atoms with van der Waals surface area (Å²) in [4.78, 5) is 15.2. The summed E-state index contributed by atoms with van der Waals surface area (Å²) in [6.45, 7) is 5.74. The smallest absolute Gasteiger partial charge is 0.303 e. The van der Waals surface area contributed by atoms with E-state index < -0.39 is 11.4 Å². The number of halogens is 1. The van der Waals surface area contributed by atoms with Gasteiger partial charge in [-0.15, -0.1) is 0 Å². The minimum Gasteiger partial charge on any atom is -0.481 e. The van der Waals surface area contributed by atoms with Crippen molar-refractivity contribution in [2.24, 2.45) is 5.41 Å². The highest BCUT2D eigenvalue weighted by molar-refractivity contribution is 9.10. The van der Waals surface area contributed by atoms with Crippen molar-refractivity contribution in [1.29, 1.82) is 0 Å². The van der Waals surface area contributed by atoms with Crippen molar-refractivity contribution in [1.82, 2.24) is 10.1 Å². The van der Waals surface area contributed by atoms with Gasteiger partial charge in [0.25, 0.3) is 0 Å². The SMILES string of the molecule is Cc1ccc(-c2noc(CC(C)(C)CC(=O)O)n2)c(Br)c1. The predicted molar refractivity (Wildman–Crippen MR) is 81.9 cm³/mol. The number of aromatic nitrogens is 2. The van der Waals surface area contributed by atoms with Crippen LogP contribution in [0.15, 0.2) is 27.2 Å². The molecule has 21 heavy (non-hydrogen) atoms. The number of aryl methyl sites for hydroxylation is 1. The van der Waals surface area contributed by atoms with Crippen LogP contribution in [0.3, 0.4) is 0 Å². The average molecular weight is 353 g/mol. The zero-order valence-electron chi connectivity index (χ0n) is 12.2. The molecule has 0 bridgehead atoms. The topological polar surface area (TPSA) is 76.2 Å². The van der Waals surface area contributed by atoms with E-state index in [9.17, 15) is 4.79 Å². The molecule has 5 nitrogen and oxygen atoms in total. The normalized spacial score (nSPS) is 11.6. The van der Waals surface area contributed by atoms with Crippen LogP contribution in [-0.4, -0.2) is 21.2 Å². The third-order valence-electron chi connectivity index (χ3n) is 3.09. The van der Waals surface area contributed by atoms with Crippen molar-refractivity contribution in [3.8, 4) is 11.4 Å². The van der Waals surface area contributed by atoms with E-state index in [2.05, 4.69) is 26.1 Å². The van der Waals surface area contributed by atoms with E-state index in [1.165, 1.54) is 0 Å². The number of hydrogen-bond donors (Lipinski definition) is 1. The van der Waals surface area contributed by atoms with Crippen LogP contribution < -0.4 is 0 Å². The van der Waals surface area contributed by atoms with Crippen molar-refractivity contribution < 1.29 is 14.4 Å². The van der Waals surface area contributed by atoms with Crippen LogP contribution >= 0.6 is 15.9 Å². The monoisotopic (exact) mass is 352 g/mol. The Balaban J connectivity index is 2.20. The summed E-state index contributed by atoms with van der Waals surface area (Å²) in [5.74, 6) is 0.118. The van der Waals surface area contributed by atoms with E-state index in [1.807, 2.05) is 39.0 Å². The number of nitrogens with zero attached hydrogens (tertiary/aromatic N) is 2. The standard InChI is InChI=1S/C15H17BrN2O3/c1-9-4-5-10(11(16)6-9)14-17-12(21-18-14)7-15(2,3)8-13(19)20/h4-6H,7-8H2,1-3H3,(H,19,20). The highest BCUT2D eigenvalue weighted by Gasteiger charge is 2.25. The minimum atomic E-state index is -0.832. The van der Waals surface area contributed by atoms with Gasteiger partial charge in [0.05, 0.1) is 6.42 Å². The molecular weight excluding hydrogens is 336 g/mol. The van der Waals surface area contributed by atoms with Crippen LogP contribution in [0.5, 0.6) is 0 Å². The molecule has 0 saturated heterocycles. The lowest BCUT2D eigenvalue weighted by molar-refractivity contribution is -0.139. The number of hydrogen-bond acceptors (Lipinski definition) is 4. The maximum Gasteiger partial charge on any atom is 0.303 e. The van der Waals surface area contributed by atoms with Crippen molar-refractivity contribution in [2.45, 2.75) is 33.6 Å². The molecule has 1 heterocycles. The first-order valence-corrected chi connectivity index (χ1v) is 7.37. The largest absolute Gasteiger partial charge is 0.481 e. The summed E-state index contributed by atoms with van der Waals surface area (Å²) in [7, 11) is 0. The Morgan fingerprint density at radius 3 is 2.76 bits per heavy atom. The number of carboxylic acid groups (broad SMARTS) is 1. The summed E-state index contributed by atoms with van der Waals surface area (Å²) < 4.78 is 6.15. The van der Waals surface area contributed by atoms with Gasteiger partial charge in [-0.05, 0) is 30.0 Å². The van der Waals surface area contributed by atoms with E-state index in [-0.39, 0.29) is 6.42 Å². The summed E-state index contributed by atoms with van der Waals surface area (Å²) >= 11 is 3.49. The van der Waals surface area contributed by atoms with Crippen LogP contribution in [0, 0.1) is 12.3 Å². The van der Waals surface area contributed by atoms with Crippen LogP contribution in [0.2, 0.25) is 0 Å². The highest BCUT2D eigenvalue weighted by Crippen LogP contribution is 2.29. The number of aliphatic carboxylic acids is 1. The fourth-order valence-corrected chi connectivity index (χ4v) is 2.79. The summed E-state index contributed by atoms with van der Waals surface area (Å²) in [6, 6.07) is 5.89. The Labute approximate surface area is 131 Å². The zero-order valence-corrected chi connectivity index (χ0v) is 13.8. The average Bonchev–Trinajstić information content (AvgIpc) is 2.74. The summed E-state index contributed by atoms with van der Waals surface area (Å²) in [6.07, 6.45) is 0.481. The van der Waals surface area contributed by atoms with Gasteiger partial charge in [0.2, 0.25) is 11.7 Å². The Morgan fingerprint density at radius 2 is 2.14 bits per heavy atom. The quantitative estimate of drug-likeness (QED) is 0.884. The lowest BCUT2D eigenvalue weighted by Gasteiger charge is -2.19. The predicted octanol–water partition coefficient (Wildman–Crippen LogP) is 3.85. The van der Waals surface area contributed by atoms with Gasteiger partial charge in [-0.25, -0.2) is 0 Å². The Morgan fingerprint density at radius 1 is 1.43 bits per heavy atom. The van der Waals surface area contributed by atoms with Crippen molar-refractivity contribution >= 4 is 21.9 Å². The van der Waals surface area contributed by atoms with E-state index >= 15 is 0 Å². The molecule has 1 aromatic carbocycles. The van der Waals surface area contributed by atoms with Crippen LogP contribution in [0.1, 0.15) is 31.7 Å².